The Hall–Kier alpha value is -1.71. The molecule has 0 unspecified atom stereocenters. The van der Waals surface area contributed by atoms with Gasteiger partial charge in [0.2, 0.25) is 0 Å². The zero-order chi connectivity index (χ0) is 9.14. The van der Waals surface area contributed by atoms with Crippen LogP contribution in [0, 0.1) is 17.0 Å². The Kier molecular flexibility index (Phi) is 2.19. The molecule has 0 aliphatic rings. The van der Waals surface area contributed by atoms with Gasteiger partial charge >= 0.3 is 0 Å². The molecule has 0 aliphatic carbocycles. The molecule has 1 aromatic rings. The van der Waals surface area contributed by atoms with E-state index in [-0.39, 0.29) is 5.69 Å². The first-order valence-corrected chi connectivity index (χ1v) is 3.38. The molecule has 0 aromatic carbocycles. The van der Waals surface area contributed by atoms with Gasteiger partial charge in [-0.2, -0.15) is 0 Å². The fourth-order valence-electron chi connectivity index (χ4n) is 0.837. The SMILES string of the molecule is C=Cc1cc([N+](=O)[O-])c(C)cn1. The van der Waals surface area contributed by atoms with Crippen molar-refractivity contribution in [3.63, 3.8) is 0 Å². The summed E-state index contributed by atoms with van der Waals surface area (Å²) < 4.78 is 0. The van der Waals surface area contributed by atoms with Gasteiger partial charge in [0.25, 0.3) is 5.69 Å². The summed E-state index contributed by atoms with van der Waals surface area (Å²) in [5.41, 5.74) is 1.16. The van der Waals surface area contributed by atoms with Crippen molar-refractivity contribution < 1.29 is 4.92 Å². The summed E-state index contributed by atoms with van der Waals surface area (Å²) in [7, 11) is 0. The lowest BCUT2D eigenvalue weighted by atomic mass is 10.2. The molecular formula is C8H8N2O2. The number of aryl methyl sites for hydroxylation is 1. The van der Waals surface area contributed by atoms with Crippen molar-refractivity contribution in [3.8, 4) is 0 Å². The Morgan fingerprint density at radius 2 is 2.42 bits per heavy atom. The third kappa shape index (κ3) is 1.47. The van der Waals surface area contributed by atoms with Gasteiger partial charge in [0, 0.05) is 17.8 Å². The van der Waals surface area contributed by atoms with Gasteiger partial charge in [-0.25, -0.2) is 0 Å². The Bertz CT molecular complexity index is 334. The number of nitrogens with zero attached hydrogens (tertiary/aromatic N) is 2. The van der Waals surface area contributed by atoms with Crippen LogP contribution < -0.4 is 0 Å². The van der Waals surface area contributed by atoms with E-state index in [4.69, 9.17) is 0 Å². The molecular weight excluding hydrogens is 156 g/mol. The first kappa shape index (κ1) is 8.39. The van der Waals surface area contributed by atoms with Gasteiger partial charge in [0.05, 0.1) is 10.6 Å². The first-order chi connectivity index (χ1) is 5.65. The Morgan fingerprint density at radius 3 is 2.92 bits per heavy atom. The molecule has 1 rings (SSSR count). The minimum Gasteiger partial charge on any atom is -0.258 e. The van der Waals surface area contributed by atoms with Crippen LogP contribution in [0.3, 0.4) is 0 Å². The summed E-state index contributed by atoms with van der Waals surface area (Å²) in [6, 6.07) is 1.41. The largest absolute Gasteiger partial charge is 0.275 e. The smallest absolute Gasteiger partial charge is 0.258 e. The van der Waals surface area contributed by atoms with Crippen molar-refractivity contribution in [2.24, 2.45) is 0 Å². The van der Waals surface area contributed by atoms with Gasteiger partial charge in [-0.05, 0) is 13.0 Å². The van der Waals surface area contributed by atoms with E-state index in [2.05, 4.69) is 11.6 Å². The molecule has 0 saturated carbocycles. The van der Waals surface area contributed by atoms with Gasteiger partial charge in [-0.3, -0.25) is 15.1 Å². The van der Waals surface area contributed by atoms with Crippen LogP contribution in [0.4, 0.5) is 5.69 Å². The molecule has 0 bridgehead atoms. The number of pyridine rings is 1. The van der Waals surface area contributed by atoms with Gasteiger partial charge < -0.3 is 0 Å². The van der Waals surface area contributed by atoms with Crippen LogP contribution in [-0.2, 0) is 0 Å². The molecule has 0 saturated heterocycles. The monoisotopic (exact) mass is 164 g/mol. The average molecular weight is 164 g/mol. The molecule has 0 atom stereocenters. The van der Waals surface area contributed by atoms with E-state index in [1.165, 1.54) is 18.3 Å². The second kappa shape index (κ2) is 3.13. The van der Waals surface area contributed by atoms with Crippen LogP contribution in [-0.4, -0.2) is 9.91 Å². The highest BCUT2D eigenvalue weighted by Crippen LogP contribution is 2.17. The zero-order valence-electron chi connectivity index (χ0n) is 6.65. The quantitative estimate of drug-likeness (QED) is 0.495. The van der Waals surface area contributed by atoms with E-state index in [1.54, 1.807) is 6.92 Å². The number of nitro groups is 1. The second-order valence-corrected chi connectivity index (χ2v) is 2.36. The van der Waals surface area contributed by atoms with Crippen molar-refractivity contribution >= 4 is 11.8 Å². The van der Waals surface area contributed by atoms with Crippen molar-refractivity contribution in [1.82, 2.24) is 4.98 Å². The van der Waals surface area contributed by atoms with Crippen molar-refractivity contribution in [2.45, 2.75) is 6.92 Å². The van der Waals surface area contributed by atoms with Crippen molar-refractivity contribution in [1.29, 1.82) is 0 Å². The van der Waals surface area contributed by atoms with Crippen LogP contribution in [0.5, 0.6) is 0 Å². The predicted octanol–water partition coefficient (Wildman–Crippen LogP) is 1.94. The predicted molar refractivity (Wildman–Crippen MR) is 45.7 cm³/mol. The van der Waals surface area contributed by atoms with Crippen molar-refractivity contribution in [2.75, 3.05) is 0 Å². The maximum absolute atomic E-state index is 10.4. The summed E-state index contributed by atoms with van der Waals surface area (Å²) in [5.74, 6) is 0. The van der Waals surface area contributed by atoms with E-state index in [1.807, 2.05) is 0 Å². The fraction of sp³-hybridized carbons (Fsp3) is 0.125. The molecule has 4 heteroatoms. The molecule has 0 radical (unpaired) electrons. The molecule has 0 N–H and O–H groups in total. The minimum absolute atomic E-state index is 0.0832. The molecule has 0 aliphatic heterocycles. The lowest BCUT2D eigenvalue weighted by molar-refractivity contribution is -0.385. The summed E-state index contributed by atoms with van der Waals surface area (Å²) in [6.07, 6.45) is 2.95. The Balaban J connectivity index is 3.25. The third-order valence-electron chi connectivity index (χ3n) is 1.50. The van der Waals surface area contributed by atoms with Gasteiger partial charge in [-0.15, -0.1) is 0 Å². The lowest BCUT2D eigenvalue weighted by Crippen LogP contribution is -1.93. The van der Waals surface area contributed by atoms with Crippen LogP contribution in [0.1, 0.15) is 11.3 Å². The Labute approximate surface area is 69.7 Å². The number of rotatable bonds is 2. The molecule has 0 fully saturated rings. The highest BCUT2D eigenvalue weighted by molar-refractivity contribution is 5.49. The van der Waals surface area contributed by atoms with Crippen molar-refractivity contribution in [3.05, 3.63) is 40.2 Å². The normalized spacial score (nSPS) is 9.42. The summed E-state index contributed by atoms with van der Waals surface area (Å²) in [4.78, 5) is 13.9. The fourth-order valence-corrected chi connectivity index (χ4v) is 0.837. The van der Waals surface area contributed by atoms with E-state index >= 15 is 0 Å². The number of hydrogen-bond acceptors (Lipinski definition) is 3. The second-order valence-electron chi connectivity index (χ2n) is 2.36. The molecule has 1 aromatic heterocycles. The Morgan fingerprint density at radius 1 is 1.75 bits per heavy atom. The van der Waals surface area contributed by atoms with E-state index in [0.29, 0.717) is 11.3 Å². The van der Waals surface area contributed by atoms with Crippen LogP contribution in [0.15, 0.2) is 18.8 Å². The first-order valence-electron chi connectivity index (χ1n) is 3.38. The molecule has 4 nitrogen and oxygen atoms in total. The zero-order valence-corrected chi connectivity index (χ0v) is 6.65. The van der Waals surface area contributed by atoms with Crippen LogP contribution in [0.25, 0.3) is 6.08 Å². The van der Waals surface area contributed by atoms with E-state index < -0.39 is 4.92 Å². The number of hydrogen-bond donors (Lipinski definition) is 0. The standard InChI is InChI=1S/C8H8N2O2/c1-3-7-4-8(10(11)12)6(2)5-9-7/h3-5H,1H2,2H3. The topological polar surface area (TPSA) is 56.0 Å². The minimum atomic E-state index is -0.427. The molecule has 62 valence electrons. The van der Waals surface area contributed by atoms with Gasteiger partial charge in [-0.1, -0.05) is 6.58 Å². The lowest BCUT2D eigenvalue weighted by Gasteiger charge is -1.96. The van der Waals surface area contributed by atoms with Gasteiger partial charge in [0.15, 0.2) is 0 Å². The molecule has 0 amide bonds. The highest BCUT2D eigenvalue weighted by atomic mass is 16.6. The average Bonchev–Trinajstić information content (AvgIpc) is 2.05. The van der Waals surface area contributed by atoms with E-state index in [0.717, 1.165) is 0 Å². The maximum atomic E-state index is 10.4. The van der Waals surface area contributed by atoms with Gasteiger partial charge in [0.1, 0.15) is 0 Å². The molecule has 0 spiro atoms. The molecule has 12 heavy (non-hydrogen) atoms. The van der Waals surface area contributed by atoms with Crippen LogP contribution in [0.2, 0.25) is 0 Å². The summed E-state index contributed by atoms with van der Waals surface area (Å²) in [5, 5.41) is 10.4. The highest BCUT2D eigenvalue weighted by Gasteiger charge is 2.10. The van der Waals surface area contributed by atoms with Crippen LogP contribution >= 0.6 is 0 Å². The maximum Gasteiger partial charge on any atom is 0.275 e. The summed E-state index contributed by atoms with van der Waals surface area (Å²) in [6.45, 7) is 5.13. The summed E-state index contributed by atoms with van der Waals surface area (Å²) >= 11 is 0. The molecule has 1 heterocycles. The number of aromatic nitrogens is 1. The third-order valence-corrected chi connectivity index (χ3v) is 1.50. The van der Waals surface area contributed by atoms with E-state index in [9.17, 15) is 10.1 Å².